The summed E-state index contributed by atoms with van der Waals surface area (Å²) in [4.78, 5) is 11.8. The topological polar surface area (TPSA) is 80.2 Å². The van der Waals surface area contributed by atoms with Crippen LogP contribution >= 0.6 is 0 Å². The van der Waals surface area contributed by atoms with Gasteiger partial charge in [0.1, 0.15) is 5.75 Å². The predicted molar refractivity (Wildman–Crippen MR) is 101 cm³/mol. The minimum atomic E-state index is -0.369. The molecule has 2 N–H and O–H groups in total. The van der Waals surface area contributed by atoms with Crippen LogP contribution in [0.1, 0.15) is 31.9 Å². The Balaban J connectivity index is 1.83. The van der Waals surface area contributed by atoms with Crippen LogP contribution in [-0.4, -0.2) is 30.9 Å². The fourth-order valence-corrected chi connectivity index (χ4v) is 2.19. The first-order valence-corrected chi connectivity index (χ1v) is 8.22. The maximum Gasteiger partial charge on any atom is 0.277 e. The highest BCUT2D eigenvalue weighted by molar-refractivity contribution is 5.83. The van der Waals surface area contributed by atoms with Crippen LogP contribution in [0.15, 0.2) is 47.6 Å². The Bertz CT molecular complexity index is 777. The lowest BCUT2D eigenvalue weighted by atomic mass is 9.87. The number of aromatic hydroxyl groups is 1. The quantitative estimate of drug-likeness (QED) is 0.615. The van der Waals surface area contributed by atoms with E-state index in [1.54, 1.807) is 12.1 Å². The molecule has 6 heteroatoms. The van der Waals surface area contributed by atoms with Gasteiger partial charge in [-0.2, -0.15) is 5.10 Å². The SMILES string of the molecule is COc1cc(C=NNC(=O)COc2ccc(C(C)(C)C)cc2)ccc1O. The van der Waals surface area contributed by atoms with Crippen LogP contribution in [0.4, 0.5) is 0 Å². The fourth-order valence-electron chi connectivity index (χ4n) is 2.19. The lowest BCUT2D eigenvalue weighted by Crippen LogP contribution is -2.24. The summed E-state index contributed by atoms with van der Waals surface area (Å²) in [6, 6.07) is 12.4. The molecule has 0 unspecified atom stereocenters. The highest BCUT2D eigenvalue weighted by Crippen LogP contribution is 2.25. The maximum absolute atomic E-state index is 11.8. The van der Waals surface area contributed by atoms with Gasteiger partial charge in [-0.25, -0.2) is 5.43 Å². The molecule has 0 aliphatic rings. The van der Waals surface area contributed by atoms with Gasteiger partial charge in [-0.05, 0) is 46.9 Å². The number of benzene rings is 2. The lowest BCUT2D eigenvalue weighted by Gasteiger charge is -2.19. The number of carbonyl (C=O) groups is 1. The van der Waals surface area contributed by atoms with E-state index in [2.05, 4.69) is 31.3 Å². The van der Waals surface area contributed by atoms with Gasteiger partial charge in [0, 0.05) is 0 Å². The van der Waals surface area contributed by atoms with Gasteiger partial charge in [0.25, 0.3) is 5.91 Å². The number of amides is 1. The van der Waals surface area contributed by atoms with Gasteiger partial charge in [0.05, 0.1) is 13.3 Å². The summed E-state index contributed by atoms with van der Waals surface area (Å²) in [6.07, 6.45) is 1.46. The number of ether oxygens (including phenoxy) is 2. The van der Waals surface area contributed by atoms with Gasteiger partial charge in [-0.15, -0.1) is 0 Å². The Labute approximate surface area is 153 Å². The Hall–Kier alpha value is -3.02. The van der Waals surface area contributed by atoms with Gasteiger partial charge < -0.3 is 14.6 Å². The second-order valence-corrected chi connectivity index (χ2v) is 6.79. The zero-order valence-corrected chi connectivity index (χ0v) is 15.4. The molecule has 2 rings (SSSR count). The molecule has 138 valence electrons. The monoisotopic (exact) mass is 356 g/mol. The largest absolute Gasteiger partial charge is 0.504 e. The molecule has 0 fully saturated rings. The van der Waals surface area contributed by atoms with E-state index in [9.17, 15) is 9.90 Å². The van der Waals surface area contributed by atoms with Crippen molar-refractivity contribution in [2.75, 3.05) is 13.7 Å². The standard InChI is InChI=1S/C20H24N2O4/c1-20(2,3)15-6-8-16(9-7-15)26-13-19(24)22-21-12-14-5-10-17(23)18(11-14)25-4/h5-12,23H,13H2,1-4H3,(H,22,24). The molecule has 1 amide bonds. The zero-order valence-electron chi connectivity index (χ0n) is 15.4. The second kappa shape index (κ2) is 8.38. The van der Waals surface area contributed by atoms with Gasteiger partial charge >= 0.3 is 0 Å². The van der Waals surface area contributed by atoms with E-state index < -0.39 is 0 Å². The van der Waals surface area contributed by atoms with Crippen molar-refractivity contribution in [1.29, 1.82) is 0 Å². The van der Waals surface area contributed by atoms with Gasteiger partial charge in [-0.3, -0.25) is 4.79 Å². The van der Waals surface area contributed by atoms with E-state index in [4.69, 9.17) is 9.47 Å². The highest BCUT2D eigenvalue weighted by Gasteiger charge is 2.13. The van der Waals surface area contributed by atoms with Crippen LogP contribution in [-0.2, 0) is 10.2 Å². The van der Waals surface area contributed by atoms with Gasteiger partial charge in [0.15, 0.2) is 18.1 Å². The van der Waals surface area contributed by atoms with Crippen LogP contribution in [0.5, 0.6) is 17.2 Å². The van der Waals surface area contributed by atoms with Crippen molar-refractivity contribution in [3.63, 3.8) is 0 Å². The first kappa shape index (κ1) is 19.3. The Morgan fingerprint density at radius 3 is 2.50 bits per heavy atom. The molecule has 26 heavy (non-hydrogen) atoms. The number of nitrogens with zero attached hydrogens (tertiary/aromatic N) is 1. The molecule has 0 bridgehead atoms. The molecule has 2 aromatic rings. The Kier molecular flexibility index (Phi) is 6.22. The summed E-state index contributed by atoms with van der Waals surface area (Å²) in [5.74, 6) is 0.633. The lowest BCUT2D eigenvalue weighted by molar-refractivity contribution is -0.123. The van der Waals surface area contributed by atoms with Crippen molar-refractivity contribution in [2.24, 2.45) is 5.10 Å². The molecule has 0 heterocycles. The van der Waals surface area contributed by atoms with Crippen molar-refractivity contribution < 1.29 is 19.4 Å². The van der Waals surface area contributed by atoms with E-state index in [1.165, 1.54) is 25.0 Å². The highest BCUT2D eigenvalue weighted by atomic mass is 16.5. The van der Waals surface area contributed by atoms with E-state index in [1.807, 2.05) is 24.3 Å². The minimum Gasteiger partial charge on any atom is -0.504 e. The number of phenolic OH excluding ortho intramolecular Hbond substituents is 1. The molecule has 0 aliphatic carbocycles. The van der Waals surface area contributed by atoms with Crippen LogP contribution < -0.4 is 14.9 Å². The first-order chi connectivity index (χ1) is 12.3. The normalized spacial score (nSPS) is 11.4. The van der Waals surface area contributed by atoms with E-state index in [0.29, 0.717) is 17.1 Å². The van der Waals surface area contributed by atoms with Crippen molar-refractivity contribution in [1.82, 2.24) is 5.43 Å². The van der Waals surface area contributed by atoms with Crippen LogP contribution in [0.25, 0.3) is 0 Å². The maximum atomic E-state index is 11.8. The van der Waals surface area contributed by atoms with Crippen LogP contribution in [0.3, 0.4) is 0 Å². The first-order valence-electron chi connectivity index (χ1n) is 8.22. The average molecular weight is 356 g/mol. The van der Waals surface area contributed by atoms with Crippen molar-refractivity contribution in [3.8, 4) is 17.2 Å². The van der Waals surface area contributed by atoms with Crippen LogP contribution in [0, 0.1) is 0 Å². The molecule has 0 radical (unpaired) electrons. The molecule has 0 saturated heterocycles. The molecule has 0 atom stereocenters. The molecule has 0 saturated carbocycles. The van der Waals surface area contributed by atoms with Gasteiger partial charge in [0.2, 0.25) is 0 Å². The van der Waals surface area contributed by atoms with Crippen molar-refractivity contribution >= 4 is 12.1 Å². The van der Waals surface area contributed by atoms with Gasteiger partial charge in [-0.1, -0.05) is 32.9 Å². The number of rotatable bonds is 6. The zero-order chi connectivity index (χ0) is 19.2. The number of carbonyl (C=O) groups excluding carboxylic acids is 1. The molecular weight excluding hydrogens is 332 g/mol. The predicted octanol–water partition coefficient (Wildman–Crippen LogP) is 3.23. The van der Waals surface area contributed by atoms with Crippen LogP contribution in [0.2, 0.25) is 0 Å². The molecule has 0 aromatic heterocycles. The Morgan fingerprint density at radius 1 is 1.19 bits per heavy atom. The molecule has 0 spiro atoms. The number of methoxy groups -OCH3 is 1. The fraction of sp³-hybridized carbons (Fsp3) is 0.300. The summed E-state index contributed by atoms with van der Waals surface area (Å²) >= 11 is 0. The Morgan fingerprint density at radius 2 is 1.88 bits per heavy atom. The minimum absolute atomic E-state index is 0.0413. The average Bonchev–Trinajstić information content (AvgIpc) is 2.61. The molecule has 0 aliphatic heterocycles. The second-order valence-electron chi connectivity index (χ2n) is 6.79. The number of hydrazone groups is 1. The van der Waals surface area contributed by atoms with E-state index >= 15 is 0 Å². The number of hydrogen-bond acceptors (Lipinski definition) is 5. The van der Waals surface area contributed by atoms with E-state index in [0.717, 1.165) is 0 Å². The summed E-state index contributed by atoms with van der Waals surface area (Å²) < 4.78 is 10.5. The third-order valence-electron chi connectivity index (χ3n) is 3.70. The summed E-state index contributed by atoms with van der Waals surface area (Å²) in [5, 5.41) is 13.4. The molecule has 2 aromatic carbocycles. The number of hydrogen-bond donors (Lipinski definition) is 2. The molecular formula is C20H24N2O4. The van der Waals surface area contributed by atoms with Crippen molar-refractivity contribution in [3.05, 3.63) is 53.6 Å². The summed E-state index contributed by atoms with van der Waals surface area (Å²) in [7, 11) is 1.46. The van der Waals surface area contributed by atoms with E-state index in [-0.39, 0.29) is 23.7 Å². The summed E-state index contributed by atoms with van der Waals surface area (Å²) in [6.45, 7) is 6.28. The number of phenols is 1. The third kappa shape index (κ3) is 5.51. The molecule has 6 nitrogen and oxygen atoms in total. The smallest absolute Gasteiger partial charge is 0.277 e. The summed E-state index contributed by atoms with van der Waals surface area (Å²) in [5.41, 5.74) is 4.34. The van der Waals surface area contributed by atoms with Crippen molar-refractivity contribution in [2.45, 2.75) is 26.2 Å². The third-order valence-corrected chi connectivity index (χ3v) is 3.70. The number of nitrogens with one attached hydrogen (secondary N) is 1.